The summed E-state index contributed by atoms with van der Waals surface area (Å²) in [7, 11) is 0. The summed E-state index contributed by atoms with van der Waals surface area (Å²) in [6, 6.07) is 54.3. The van der Waals surface area contributed by atoms with Gasteiger partial charge in [-0.3, -0.25) is 4.57 Å². The molecular weight excluding hydrogens is 699 g/mol. The van der Waals surface area contributed by atoms with Crippen LogP contribution in [0, 0.1) is 0 Å². The summed E-state index contributed by atoms with van der Waals surface area (Å²) in [4.78, 5) is 11.0. The van der Waals surface area contributed by atoms with Crippen molar-refractivity contribution in [3.63, 3.8) is 0 Å². The Hall–Kier alpha value is -6.60. The minimum Gasteiger partial charge on any atom is -0.452 e. The number of fused-ring (bicyclic) bond motifs is 11. The zero-order chi connectivity index (χ0) is 35.1. The zero-order valence-electron chi connectivity index (χ0n) is 28.5. The number of hydrogen-bond donors (Lipinski definition) is 0. The molecule has 0 saturated heterocycles. The lowest BCUT2D eigenvalue weighted by Gasteiger charge is -2.11. The molecule has 0 amide bonds. The summed E-state index contributed by atoms with van der Waals surface area (Å²) in [5.41, 5.74) is 8.55. The molecule has 0 bridgehead atoms. The second kappa shape index (κ2) is 10.5. The molecular formula is C48H25N3OS2. The van der Waals surface area contributed by atoms with Crippen LogP contribution in [0.4, 0.5) is 0 Å². The second-order valence-electron chi connectivity index (χ2n) is 14.1. The minimum atomic E-state index is 0.630. The van der Waals surface area contributed by atoms with E-state index in [-0.39, 0.29) is 0 Å². The molecule has 0 saturated carbocycles. The smallest absolute Gasteiger partial charge is 0.236 e. The predicted octanol–water partition coefficient (Wildman–Crippen LogP) is 14.1. The highest BCUT2D eigenvalue weighted by Crippen LogP contribution is 2.50. The Balaban J connectivity index is 1.22. The van der Waals surface area contributed by atoms with Crippen LogP contribution in [0.25, 0.3) is 123 Å². The van der Waals surface area contributed by atoms with Crippen molar-refractivity contribution >= 4 is 118 Å². The number of hydrogen-bond acceptors (Lipinski definition) is 5. The molecule has 5 heterocycles. The van der Waals surface area contributed by atoms with E-state index in [1.54, 1.807) is 0 Å². The molecule has 0 aliphatic rings. The lowest BCUT2D eigenvalue weighted by atomic mass is 9.98. The number of nitrogens with zero attached hydrogens (tertiary/aromatic N) is 3. The van der Waals surface area contributed by atoms with Crippen LogP contribution in [0.3, 0.4) is 0 Å². The third-order valence-electron chi connectivity index (χ3n) is 11.2. The number of furan rings is 1. The van der Waals surface area contributed by atoms with E-state index in [1.807, 2.05) is 34.8 Å². The number of para-hydroxylation sites is 1. The van der Waals surface area contributed by atoms with Crippen molar-refractivity contribution < 1.29 is 4.42 Å². The molecule has 6 heteroatoms. The predicted molar refractivity (Wildman–Crippen MR) is 229 cm³/mol. The van der Waals surface area contributed by atoms with E-state index in [1.165, 1.54) is 61.9 Å². The van der Waals surface area contributed by atoms with Crippen LogP contribution in [-0.4, -0.2) is 14.5 Å². The van der Waals surface area contributed by atoms with Crippen LogP contribution >= 0.6 is 22.7 Å². The fourth-order valence-electron chi connectivity index (χ4n) is 8.80. The Morgan fingerprint density at radius 3 is 1.70 bits per heavy atom. The fourth-order valence-corrected chi connectivity index (χ4v) is 11.2. The van der Waals surface area contributed by atoms with Gasteiger partial charge in [0, 0.05) is 72.8 Å². The van der Waals surface area contributed by atoms with Gasteiger partial charge in [0.1, 0.15) is 16.8 Å². The van der Waals surface area contributed by atoms with E-state index >= 15 is 0 Å². The van der Waals surface area contributed by atoms with Crippen LogP contribution in [0.1, 0.15) is 0 Å². The third-order valence-corrected chi connectivity index (χ3v) is 13.6. The summed E-state index contributed by atoms with van der Waals surface area (Å²) < 4.78 is 14.2. The van der Waals surface area contributed by atoms with Crippen LogP contribution in [0.2, 0.25) is 0 Å². The van der Waals surface area contributed by atoms with Crippen LogP contribution < -0.4 is 0 Å². The first-order valence-electron chi connectivity index (χ1n) is 18.1. The number of aromatic nitrogens is 3. The third kappa shape index (κ3) is 3.80. The first-order chi connectivity index (χ1) is 26.8. The minimum absolute atomic E-state index is 0.630. The average molecular weight is 724 g/mol. The molecule has 5 aromatic heterocycles. The Morgan fingerprint density at radius 1 is 0.444 bits per heavy atom. The van der Waals surface area contributed by atoms with Crippen molar-refractivity contribution in [3.8, 4) is 28.3 Å². The SMILES string of the molecule is c1ccc(-c2cccc(-c3nc(-n4c5cc6c7ccccc7sc6c6ccc7c8sc9ccccc9c8cc4c7c65)nc4c3oc3ccccc34)c2)cc1. The van der Waals surface area contributed by atoms with E-state index in [0.717, 1.165) is 49.9 Å². The van der Waals surface area contributed by atoms with Crippen molar-refractivity contribution in [1.82, 2.24) is 14.5 Å². The quantitative estimate of drug-likeness (QED) is 0.171. The summed E-state index contributed by atoms with van der Waals surface area (Å²) in [6.07, 6.45) is 0. The lowest BCUT2D eigenvalue weighted by molar-refractivity contribution is 0.666. The van der Waals surface area contributed by atoms with Gasteiger partial charge in [0.05, 0.1) is 11.0 Å². The van der Waals surface area contributed by atoms with Gasteiger partial charge in [-0.1, -0.05) is 109 Å². The molecule has 0 unspecified atom stereocenters. The molecule has 54 heavy (non-hydrogen) atoms. The molecule has 0 radical (unpaired) electrons. The maximum atomic E-state index is 6.63. The molecule has 0 spiro atoms. The highest BCUT2D eigenvalue weighted by molar-refractivity contribution is 7.27. The summed E-state index contributed by atoms with van der Waals surface area (Å²) >= 11 is 3.76. The first kappa shape index (κ1) is 28.9. The summed E-state index contributed by atoms with van der Waals surface area (Å²) in [5.74, 6) is 0.630. The van der Waals surface area contributed by atoms with E-state index < -0.39 is 0 Å². The molecule has 13 aromatic rings. The van der Waals surface area contributed by atoms with E-state index in [2.05, 4.69) is 144 Å². The summed E-state index contributed by atoms with van der Waals surface area (Å²) in [6.45, 7) is 0. The average Bonchev–Trinajstić information content (AvgIpc) is 3.99. The Labute approximate surface area is 315 Å². The monoisotopic (exact) mass is 723 g/mol. The molecule has 0 aliphatic carbocycles. The number of thiophene rings is 2. The van der Waals surface area contributed by atoms with E-state index in [9.17, 15) is 0 Å². The van der Waals surface area contributed by atoms with Crippen molar-refractivity contribution in [2.45, 2.75) is 0 Å². The molecule has 13 rings (SSSR count). The number of rotatable bonds is 3. The molecule has 8 aromatic carbocycles. The molecule has 0 aliphatic heterocycles. The Kier molecular flexibility index (Phi) is 5.63. The van der Waals surface area contributed by atoms with Crippen molar-refractivity contribution in [2.24, 2.45) is 0 Å². The Bertz CT molecular complexity index is 3540. The van der Waals surface area contributed by atoms with Crippen LogP contribution in [-0.2, 0) is 0 Å². The Morgan fingerprint density at radius 2 is 1.02 bits per heavy atom. The maximum Gasteiger partial charge on any atom is 0.236 e. The molecule has 4 nitrogen and oxygen atoms in total. The highest BCUT2D eigenvalue weighted by Gasteiger charge is 2.26. The topological polar surface area (TPSA) is 43.9 Å². The van der Waals surface area contributed by atoms with Gasteiger partial charge < -0.3 is 4.42 Å². The van der Waals surface area contributed by atoms with E-state index in [0.29, 0.717) is 11.5 Å². The highest BCUT2D eigenvalue weighted by atomic mass is 32.1. The van der Waals surface area contributed by atoms with Gasteiger partial charge in [-0.2, -0.15) is 0 Å². The van der Waals surface area contributed by atoms with Gasteiger partial charge in [-0.05, 0) is 53.6 Å². The molecule has 0 atom stereocenters. The van der Waals surface area contributed by atoms with Crippen molar-refractivity contribution in [1.29, 1.82) is 0 Å². The first-order valence-corrected chi connectivity index (χ1v) is 19.7. The fraction of sp³-hybridized carbons (Fsp3) is 0. The van der Waals surface area contributed by atoms with Gasteiger partial charge in [0.2, 0.25) is 5.95 Å². The number of benzene rings is 8. The molecule has 250 valence electrons. The molecule has 0 fully saturated rings. The van der Waals surface area contributed by atoms with Crippen molar-refractivity contribution in [2.75, 3.05) is 0 Å². The summed E-state index contributed by atoms with van der Waals surface area (Å²) in [5, 5.41) is 11.1. The standard InChI is InChI=1S/C48H25N3OS2/c1-2-11-26(12-3-1)27-13-10-14-28(23-27)43-45-44(31-17-4-7-18-38(31)52-45)50-48(49-43)51-36-24-34-29-15-5-8-19-39(29)53-46(34)32-21-22-33-42(41(32)36)37(51)25-35-30-16-6-9-20-40(30)54-47(33)35/h1-25H. The largest absolute Gasteiger partial charge is 0.452 e. The van der Waals surface area contributed by atoms with Crippen LogP contribution in [0.15, 0.2) is 156 Å². The lowest BCUT2D eigenvalue weighted by Crippen LogP contribution is -2.03. The van der Waals surface area contributed by atoms with Crippen LogP contribution in [0.5, 0.6) is 0 Å². The van der Waals surface area contributed by atoms with Gasteiger partial charge in [-0.15, -0.1) is 22.7 Å². The van der Waals surface area contributed by atoms with Gasteiger partial charge in [0.15, 0.2) is 5.58 Å². The van der Waals surface area contributed by atoms with Gasteiger partial charge in [0.25, 0.3) is 0 Å². The van der Waals surface area contributed by atoms with Gasteiger partial charge in [-0.25, -0.2) is 9.97 Å². The molecule has 0 N–H and O–H groups in total. The van der Waals surface area contributed by atoms with Gasteiger partial charge >= 0.3 is 0 Å². The second-order valence-corrected chi connectivity index (χ2v) is 16.2. The normalized spacial score (nSPS) is 12.4. The van der Waals surface area contributed by atoms with Crippen molar-refractivity contribution in [3.05, 3.63) is 152 Å². The zero-order valence-corrected chi connectivity index (χ0v) is 30.1. The maximum absolute atomic E-state index is 6.63. The van der Waals surface area contributed by atoms with E-state index in [4.69, 9.17) is 14.4 Å².